The number of nitrogens with one attached hydrogen (secondary N) is 5. The number of hydrogen-bond acceptors (Lipinski definition) is 12. The van der Waals surface area contributed by atoms with Crippen LogP contribution < -0.4 is 26.6 Å². The van der Waals surface area contributed by atoms with Crippen molar-refractivity contribution in [3.05, 3.63) is 12.2 Å². The number of Topliss-reactive ketones (excluding diaryl/α,β-unsaturated/α-hetero) is 5. The molecule has 0 aromatic rings. The molecule has 0 aliphatic carbocycles. The third-order valence-electron chi connectivity index (χ3n) is 11.5. The first-order chi connectivity index (χ1) is 32.7. The fraction of sp³-hybridized carbons (Fsp3) is 0.850. The summed E-state index contributed by atoms with van der Waals surface area (Å²) in [6.07, 6.45) is 2.88. The highest BCUT2D eigenvalue weighted by atomic mass is 16.5. The smallest absolute Gasteiger partial charge is 0.246 e. The number of rotatable bonds is 25. The molecule has 0 saturated heterocycles. The molecule has 3 atom stereocenters. The fourth-order valence-electron chi connectivity index (χ4n) is 6.69. The molecule has 74 heavy (non-hydrogen) atoms. The van der Waals surface area contributed by atoms with Crippen molar-refractivity contribution in [2.45, 2.75) is 260 Å². The second-order valence-electron chi connectivity index (χ2n) is 29.3. The van der Waals surface area contributed by atoms with Crippen LogP contribution in [0.25, 0.3) is 0 Å². The highest BCUT2D eigenvalue weighted by molar-refractivity contribution is 5.93. The minimum atomic E-state index is -0.542. The van der Waals surface area contributed by atoms with Crippen LogP contribution in [-0.2, 0) is 43.0 Å². The lowest BCUT2D eigenvalue weighted by Gasteiger charge is -2.32. The van der Waals surface area contributed by atoms with Crippen molar-refractivity contribution in [2.75, 3.05) is 39.5 Å². The van der Waals surface area contributed by atoms with E-state index in [9.17, 15) is 33.6 Å². The van der Waals surface area contributed by atoms with Crippen molar-refractivity contribution < 1.29 is 43.0 Å². The van der Waals surface area contributed by atoms with E-state index in [0.29, 0.717) is 51.9 Å². The summed E-state index contributed by atoms with van der Waals surface area (Å²) in [6, 6.07) is -1.18. The molecule has 0 aromatic heterocycles. The number of ether oxygens (including phenoxy) is 2. The Balaban J connectivity index is -0.00000104. The van der Waals surface area contributed by atoms with Gasteiger partial charge in [-0.15, -0.1) is 0 Å². The van der Waals surface area contributed by atoms with E-state index in [1.807, 2.05) is 145 Å². The monoisotopic (exact) mass is 1050 g/mol. The quantitative estimate of drug-likeness (QED) is 0.0429. The molecule has 5 N–H and O–H groups in total. The first-order valence-electron chi connectivity index (χ1n) is 27.1. The largest absolute Gasteiger partial charge is 0.378 e. The highest BCUT2D eigenvalue weighted by Gasteiger charge is 2.35. The lowest BCUT2D eigenvalue weighted by molar-refractivity contribution is -0.134. The number of carbonyl (C=O) groups is 7. The number of ketones is 5. The molecule has 0 bridgehead atoms. The van der Waals surface area contributed by atoms with Crippen molar-refractivity contribution in [2.24, 2.45) is 32.5 Å². The Morgan fingerprint density at radius 3 is 1.15 bits per heavy atom. The van der Waals surface area contributed by atoms with Gasteiger partial charge in [0.2, 0.25) is 11.8 Å². The summed E-state index contributed by atoms with van der Waals surface area (Å²) in [5.74, 6) is 0.00617. The van der Waals surface area contributed by atoms with Crippen LogP contribution in [0.4, 0.5) is 0 Å². The Labute approximate surface area is 453 Å². The summed E-state index contributed by atoms with van der Waals surface area (Å²) in [5, 5.41) is 15.5. The molecular weight excluding hydrogens is 935 g/mol. The fourth-order valence-corrected chi connectivity index (χ4v) is 6.69. The van der Waals surface area contributed by atoms with E-state index in [4.69, 9.17) is 9.47 Å². The van der Waals surface area contributed by atoms with Gasteiger partial charge in [-0.3, -0.25) is 33.6 Å². The van der Waals surface area contributed by atoms with Crippen LogP contribution in [0, 0.1) is 32.5 Å². The molecule has 0 radical (unpaired) electrons. The van der Waals surface area contributed by atoms with Gasteiger partial charge in [0.05, 0.1) is 44.5 Å². The van der Waals surface area contributed by atoms with Gasteiger partial charge in [0.15, 0.2) is 23.1 Å². The molecule has 0 saturated carbocycles. The van der Waals surface area contributed by atoms with E-state index in [1.54, 1.807) is 0 Å². The second kappa shape index (κ2) is 31.3. The van der Waals surface area contributed by atoms with Crippen molar-refractivity contribution in [1.82, 2.24) is 26.6 Å². The van der Waals surface area contributed by atoms with Crippen molar-refractivity contribution in [3.8, 4) is 0 Å². The number of hydrogen-bond donors (Lipinski definition) is 5. The van der Waals surface area contributed by atoms with E-state index in [0.717, 1.165) is 12.1 Å². The van der Waals surface area contributed by atoms with Gasteiger partial charge >= 0.3 is 0 Å². The van der Waals surface area contributed by atoms with Crippen LogP contribution in [0.15, 0.2) is 12.2 Å². The SMILES string of the molecule is C=C(CCC(NC(=O)COCCOCCNC(C)(C)C)C(=O)C(C)(C)C)C(C)(C)C.CC(C)(C)NC(CCC(=O)C(C)(C)C)C(=O)C(C)(C)C.CC(C)(C)NC(CCC(=O)NCC(=O)C(C)(C)C)C(=O)C(C)(C)C. The number of amides is 2. The van der Waals surface area contributed by atoms with Crippen LogP contribution in [0.5, 0.6) is 0 Å². The van der Waals surface area contributed by atoms with Crippen LogP contribution in [-0.4, -0.2) is 115 Å². The topological polar surface area (TPSA) is 198 Å². The summed E-state index contributed by atoms with van der Waals surface area (Å²) >= 11 is 0. The van der Waals surface area contributed by atoms with E-state index in [1.165, 1.54) is 0 Å². The first-order valence-corrected chi connectivity index (χ1v) is 27.1. The van der Waals surface area contributed by atoms with Gasteiger partial charge in [0.25, 0.3) is 0 Å². The normalized spacial score (nSPS) is 14.3. The summed E-state index contributed by atoms with van der Waals surface area (Å²) < 4.78 is 10.9. The summed E-state index contributed by atoms with van der Waals surface area (Å²) in [7, 11) is 0. The van der Waals surface area contributed by atoms with Crippen molar-refractivity contribution >= 4 is 40.7 Å². The molecule has 14 nitrogen and oxygen atoms in total. The molecule has 0 aliphatic heterocycles. The van der Waals surface area contributed by atoms with E-state index in [2.05, 4.69) is 74.7 Å². The van der Waals surface area contributed by atoms with Crippen LogP contribution >= 0.6 is 0 Å². The Hall–Kier alpha value is -3.17. The summed E-state index contributed by atoms with van der Waals surface area (Å²) in [5.41, 5.74) is -1.45. The Morgan fingerprint density at radius 2 is 0.784 bits per heavy atom. The van der Waals surface area contributed by atoms with Gasteiger partial charge in [-0.2, -0.15) is 0 Å². The van der Waals surface area contributed by atoms with E-state index >= 15 is 0 Å². The maximum atomic E-state index is 12.8. The van der Waals surface area contributed by atoms with Crippen LogP contribution in [0.3, 0.4) is 0 Å². The van der Waals surface area contributed by atoms with E-state index in [-0.39, 0.29) is 99.8 Å². The molecule has 0 fully saturated rings. The second-order valence-corrected chi connectivity index (χ2v) is 29.3. The summed E-state index contributed by atoms with van der Waals surface area (Å²) in [6.45, 7) is 59.2. The average molecular weight is 1050 g/mol. The predicted octanol–water partition coefficient (Wildman–Crippen LogP) is 10.5. The zero-order chi connectivity index (χ0) is 59.3. The number of allylic oxidation sites excluding steroid dienone is 1. The van der Waals surface area contributed by atoms with Crippen molar-refractivity contribution in [3.63, 3.8) is 0 Å². The molecule has 2 amide bonds. The molecule has 14 heteroatoms. The molecule has 0 heterocycles. The van der Waals surface area contributed by atoms with Crippen LogP contribution in [0.1, 0.15) is 225 Å². The lowest BCUT2D eigenvalue weighted by atomic mass is 9.81. The Bertz CT molecular complexity index is 1770. The molecule has 0 aromatic carbocycles. The lowest BCUT2D eigenvalue weighted by Crippen LogP contribution is -2.51. The predicted molar refractivity (Wildman–Crippen MR) is 306 cm³/mol. The van der Waals surface area contributed by atoms with Gasteiger partial charge in [0.1, 0.15) is 12.4 Å². The Morgan fingerprint density at radius 1 is 0.405 bits per heavy atom. The van der Waals surface area contributed by atoms with Gasteiger partial charge in [-0.25, -0.2) is 0 Å². The van der Waals surface area contributed by atoms with Gasteiger partial charge in [-0.05, 0) is 93.4 Å². The third-order valence-corrected chi connectivity index (χ3v) is 11.5. The maximum absolute atomic E-state index is 12.8. The third kappa shape index (κ3) is 38.4. The minimum Gasteiger partial charge on any atom is -0.378 e. The summed E-state index contributed by atoms with van der Waals surface area (Å²) in [4.78, 5) is 86.2. The van der Waals surface area contributed by atoms with Gasteiger partial charge in [0, 0.05) is 63.1 Å². The van der Waals surface area contributed by atoms with Gasteiger partial charge < -0.3 is 36.1 Å². The molecular formula is C60H115N5O9. The van der Waals surface area contributed by atoms with Gasteiger partial charge in [-0.1, -0.05) is 137 Å². The molecule has 0 aliphatic rings. The molecule has 3 unspecified atom stereocenters. The minimum absolute atomic E-state index is 0.00835. The highest BCUT2D eigenvalue weighted by Crippen LogP contribution is 2.29. The number of carbonyl (C=O) groups excluding carboxylic acids is 7. The average Bonchev–Trinajstić information content (AvgIpc) is 3.18. The molecule has 434 valence electrons. The first kappa shape index (κ1) is 75.1. The standard InChI is InChI=1S/C24H46N2O4.C19H36N2O3.C17H33NO2/c1-18(22(2,3)4)11-12-19(21(28)23(5,6)7)26-20(27)17-30-16-15-29-14-13-25-24(8,9)10;1-17(2,3)14(22)12-20-15(23)11-10-13(21-19(7,8)9)16(24)18(4,5)6;1-15(2,3)13(19)11-10-12(18-17(7,8)9)14(20)16(4,5)6/h19,25H,1,11-17H2,2-10H3,(H,26,27);13,21H,10-12H2,1-9H3,(H,20,23);12,18H,10-11H2,1-9H3. The Kier molecular flexibility index (Phi) is 31.7. The van der Waals surface area contributed by atoms with Crippen LogP contribution in [0.2, 0.25) is 0 Å². The maximum Gasteiger partial charge on any atom is 0.246 e. The van der Waals surface area contributed by atoms with Crippen molar-refractivity contribution in [1.29, 1.82) is 0 Å². The molecule has 0 rings (SSSR count). The zero-order valence-corrected chi connectivity index (χ0v) is 52.6. The zero-order valence-electron chi connectivity index (χ0n) is 52.6. The van der Waals surface area contributed by atoms with E-state index < -0.39 is 27.7 Å². The molecule has 0 spiro atoms.